The van der Waals surface area contributed by atoms with E-state index < -0.39 is 0 Å². The van der Waals surface area contributed by atoms with Crippen LogP contribution < -0.4 is 16.4 Å². The second kappa shape index (κ2) is 7.56. The summed E-state index contributed by atoms with van der Waals surface area (Å²) >= 11 is 1.32. The van der Waals surface area contributed by atoms with Gasteiger partial charge in [-0.2, -0.15) is 5.26 Å². The van der Waals surface area contributed by atoms with E-state index in [4.69, 9.17) is 11.0 Å². The number of nitrogen functional groups attached to an aromatic ring is 1. The number of hydrogen-bond donors (Lipinski definition) is 3. The second-order valence-corrected chi connectivity index (χ2v) is 4.53. The summed E-state index contributed by atoms with van der Waals surface area (Å²) in [6, 6.07) is 2.43. The van der Waals surface area contributed by atoms with Crippen LogP contribution in [0.1, 0.15) is 17.7 Å². The molecule has 96 valence electrons. The van der Waals surface area contributed by atoms with Crippen molar-refractivity contribution in [2.45, 2.75) is 18.9 Å². The lowest BCUT2D eigenvalue weighted by Gasteiger charge is -2.23. The molecule has 0 amide bonds. The largest absolute Gasteiger partial charge is 0.382 e. The van der Waals surface area contributed by atoms with E-state index >= 15 is 0 Å². The highest BCUT2D eigenvalue weighted by atomic mass is 35.5. The Bertz CT molecular complexity index is 383. The lowest BCUT2D eigenvalue weighted by Crippen LogP contribution is -2.38. The minimum atomic E-state index is 0. The zero-order valence-electron chi connectivity index (χ0n) is 9.10. The van der Waals surface area contributed by atoms with Crippen LogP contribution in [0.15, 0.2) is 0 Å². The van der Waals surface area contributed by atoms with Crippen molar-refractivity contribution in [3.05, 3.63) is 4.88 Å². The summed E-state index contributed by atoms with van der Waals surface area (Å²) in [6.07, 6.45) is 2.30. The Morgan fingerprint density at radius 2 is 2.29 bits per heavy atom. The van der Waals surface area contributed by atoms with Gasteiger partial charge in [0.05, 0.1) is 0 Å². The molecule has 1 aromatic heterocycles. The summed E-state index contributed by atoms with van der Waals surface area (Å²) in [6.45, 7) is 2.03. The van der Waals surface area contributed by atoms with Crippen LogP contribution >= 0.6 is 36.2 Å². The number of anilines is 2. The van der Waals surface area contributed by atoms with Crippen molar-refractivity contribution in [2.75, 3.05) is 24.1 Å². The van der Waals surface area contributed by atoms with Gasteiger partial charge in [-0.25, -0.2) is 4.98 Å². The highest BCUT2D eigenvalue weighted by molar-refractivity contribution is 7.16. The smallest absolute Gasteiger partial charge is 0.186 e. The molecule has 0 bridgehead atoms. The highest BCUT2D eigenvalue weighted by Gasteiger charge is 2.15. The first-order chi connectivity index (χ1) is 7.29. The first-order valence-corrected chi connectivity index (χ1v) is 5.75. The molecule has 1 fully saturated rings. The minimum Gasteiger partial charge on any atom is -0.382 e. The van der Waals surface area contributed by atoms with Crippen molar-refractivity contribution in [3.8, 4) is 6.07 Å². The molecule has 4 N–H and O–H groups in total. The molecule has 1 aliphatic heterocycles. The first kappa shape index (κ1) is 16.3. The van der Waals surface area contributed by atoms with Crippen molar-refractivity contribution < 1.29 is 0 Å². The van der Waals surface area contributed by atoms with Crippen LogP contribution in [0.3, 0.4) is 0 Å². The predicted molar refractivity (Wildman–Crippen MR) is 75.3 cm³/mol. The SMILES string of the molecule is Cl.Cl.N#Cc1sc(NC2CCCNC2)nc1N. The number of thiazole rings is 1. The summed E-state index contributed by atoms with van der Waals surface area (Å²) in [5.74, 6) is 0.328. The van der Waals surface area contributed by atoms with Gasteiger partial charge in [-0.05, 0) is 19.4 Å². The van der Waals surface area contributed by atoms with Gasteiger partial charge in [0.15, 0.2) is 10.9 Å². The van der Waals surface area contributed by atoms with Gasteiger partial charge in [-0.15, -0.1) is 24.8 Å². The second-order valence-electron chi connectivity index (χ2n) is 3.53. The van der Waals surface area contributed by atoms with Gasteiger partial charge in [0, 0.05) is 12.6 Å². The Labute approximate surface area is 117 Å². The van der Waals surface area contributed by atoms with Crippen molar-refractivity contribution in [2.24, 2.45) is 0 Å². The number of aromatic nitrogens is 1. The van der Waals surface area contributed by atoms with Crippen LogP contribution in [0.2, 0.25) is 0 Å². The molecular formula is C9H15Cl2N5S. The molecule has 1 unspecified atom stereocenters. The van der Waals surface area contributed by atoms with Crippen molar-refractivity contribution in [1.29, 1.82) is 5.26 Å². The summed E-state index contributed by atoms with van der Waals surface area (Å²) < 4.78 is 0. The number of nitrogens with one attached hydrogen (secondary N) is 2. The third kappa shape index (κ3) is 4.21. The topological polar surface area (TPSA) is 86.8 Å². The third-order valence-corrected chi connectivity index (χ3v) is 3.29. The molecule has 0 aromatic carbocycles. The van der Waals surface area contributed by atoms with Crippen LogP contribution in [-0.2, 0) is 0 Å². The molecule has 17 heavy (non-hydrogen) atoms. The molecule has 2 heterocycles. The summed E-state index contributed by atoms with van der Waals surface area (Å²) in [7, 11) is 0. The number of halogens is 2. The van der Waals surface area contributed by atoms with Crippen molar-refractivity contribution >= 4 is 47.1 Å². The number of nitrogens with zero attached hydrogens (tertiary/aromatic N) is 2. The van der Waals surface area contributed by atoms with Crippen LogP contribution in [0.5, 0.6) is 0 Å². The fourth-order valence-electron chi connectivity index (χ4n) is 1.62. The molecule has 0 radical (unpaired) electrons. The van der Waals surface area contributed by atoms with E-state index in [1.807, 2.05) is 6.07 Å². The average molecular weight is 296 g/mol. The highest BCUT2D eigenvalue weighted by Crippen LogP contribution is 2.25. The number of piperidine rings is 1. The van der Waals surface area contributed by atoms with Crippen LogP contribution in [0.4, 0.5) is 10.9 Å². The Morgan fingerprint density at radius 3 is 2.82 bits per heavy atom. The Morgan fingerprint density at radius 1 is 1.53 bits per heavy atom. The molecule has 2 rings (SSSR count). The maximum absolute atomic E-state index is 8.74. The summed E-state index contributed by atoms with van der Waals surface area (Å²) in [4.78, 5) is 4.60. The summed E-state index contributed by atoms with van der Waals surface area (Å²) in [5, 5.41) is 16.1. The van der Waals surface area contributed by atoms with Gasteiger partial charge in [0.1, 0.15) is 10.9 Å². The van der Waals surface area contributed by atoms with Gasteiger partial charge in [-0.3, -0.25) is 0 Å². The maximum Gasteiger partial charge on any atom is 0.186 e. The maximum atomic E-state index is 8.74. The number of nitrogens with two attached hydrogens (primary N) is 1. The Balaban J connectivity index is 0.00000128. The van der Waals surface area contributed by atoms with Crippen molar-refractivity contribution in [3.63, 3.8) is 0 Å². The Hall–Kier alpha value is -0.740. The van der Waals surface area contributed by atoms with Gasteiger partial charge < -0.3 is 16.4 Å². The van der Waals surface area contributed by atoms with Crippen LogP contribution in [-0.4, -0.2) is 24.1 Å². The monoisotopic (exact) mass is 295 g/mol. The van der Waals surface area contributed by atoms with E-state index in [0.29, 0.717) is 16.7 Å². The molecule has 5 nitrogen and oxygen atoms in total. The lowest BCUT2D eigenvalue weighted by atomic mass is 10.1. The number of hydrogen-bond acceptors (Lipinski definition) is 6. The van der Waals surface area contributed by atoms with Gasteiger partial charge in [0.25, 0.3) is 0 Å². The van der Waals surface area contributed by atoms with E-state index in [2.05, 4.69) is 15.6 Å². The quantitative estimate of drug-likeness (QED) is 0.771. The molecule has 1 aliphatic rings. The molecule has 8 heteroatoms. The molecule has 1 aromatic rings. The minimum absolute atomic E-state index is 0. The fourth-order valence-corrected chi connectivity index (χ4v) is 2.38. The van der Waals surface area contributed by atoms with E-state index in [1.165, 1.54) is 17.8 Å². The zero-order chi connectivity index (χ0) is 10.7. The average Bonchev–Trinajstić information content (AvgIpc) is 2.60. The molecule has 0 aliphatic carbocycles. The van der Waals surface area contributed by atoms with Crippen LogP contribution in [0.25, 0.3) is 0 Å². The third-order valence-electron chi connectivity index (χ3n) is 2.38. The van der Waals surface area contributed by atoms with Gasteiger partial charge in [-0.1, -0.05) is 11.3 Å². The fraction of sp³-hybridized carbons (Fsp3) is 0.556. The summed E-state index contributed by atoms with van der Waals surface area (Å²) in [5.41, 5.74) is 5.58. The van der Waals surface area contributed by atoms with Gasteiger partial charge >= 0.3 is 0 Å². The van der Waals surface area contributed by atoms with E-state index in [0.717, 1.165) is 24.6 Å². The molecule has 0 spiro atoms. The molecule has 0 saturated carbocycles. The van der Waals surface area contributed by atoms with Crippen molar-refractivity contribution in [1.82, 2.24) is 10.3 Å². The number of rotatable bonds is 2. The zero-order valence-corrected chi connectivity index (χ0v) is 11.6. The Kier molecular flexibility index (Phi) is 7.23. The number of nitriles is 1. The lowest BCUT2D eigenvalue weighted by molar-refractivity contribution is 0.480. The predicted octanol–water partition coefficient (Wildman–Crippen LogP) is 1.60. The standard InChI is InChI=1S/C9H13N5S.2ClH/c10-4-7-8(11)14-9(15-7)13-6-2-1-3-12-5-6;;/h6,12H,1-3,5,11H2,(H,13,14);2*1H. The molecule has 1 atom stereocenters. The van der Waals surface area contributed by atoms with Crippen LogP contribution in [0, 0.1) is 11.3 Å². The molecule has 1 saturated heterocycles. The van der Waals surface area contributed by atoms with E-state index in [-0.39, 0.29) is 24.8 Å². The first-order valence-electron chi connectivity index (χ1n) is 4.93. The van der Waals surface area contributed by atoms with E-state index in [1.54, 1.807) is 0 Å². The molecular weight excluding hydrogens is 281 g/mol. The van der Waals surface area contributed by atoms with E-state index in [9.17, 15) is 0 Å². The normalized spacial score (nSPS) is 18.4. The van der Waals surface area contributed by atoms with Gasteiger partial charge in [0.2, 0.25) is 0 Å².